The number of H-pyrrole nitrogens is 1. The van der Waals surface area contributed by atoms with Gasteiger partial charge in [-0.1, -0.05) is 0 Å². The Bertz CT molecular complexity index is 880. The predicted molar refractivity (Wildman–Crippen MR) is 97.8 cm³/mol. The molecule has 0 atom stereocenters. The second-order valence-corrected chi connectivity index (χ2v) is 6.35. The van der Waals surface area contributed by atoms with Crippen LogP contribution in [0.15, 0.2) is 36.4 Å². The lowest BCUT2D eigenvalue weighted by molar-refractivity contribution is 0.145. The topological polar surface area (TPSA) is 104 Å². The summed E-state index contributed by atoms with van der Waals surface area (Å²) in [5, 5.41) is 9.65. The van der Waals surface area contributed by atoms with Crippen LogP contribution in [0.1, 0.15) is 12.8 Å². The third kappa shape index (κ3) is 2.65. The van der Waals surface area contributed by atoms with Gasteiger partial charge in [-0.25, -0.2) is 4.98 Å². The molecule has 0 saturated carbocycles. The SMILES string of the molecule is Nc1ccc(-c2nc3cc(N4CCC(O)CC4)ccc3[nH]2)cc1N. The first-order chi connectivity index (χ1) is 11.6. The number of aromatic nitrogens is 2. The Labute approximate surface area is 140 Å². The second-order valence-electron chi connectivity index (χ2n) is 6.35. The zero-order valence-electron chi connectivity index (χ0n) is 13.4. The Kier molecular flexibility index (Phi) is 3.54. The molecule has 1 fully saturated rings. The lowest BCUT2D eigenvalue weighted by Crippen LogP contribution is -2.35. The smallest absolute Gasteiger partial charge is 0.138 e. The van der Waals surface area contributed by atoms with Crippen LogP contribution in [0, 0.1) is 0 Å². The van der Waals surface area contributed by atoms with Gasteiger partial charge in [0.15, 0.2) is 0 Å². The van der Waals surface area contributed by atoms with Crippen LogP contribution < -0.4 is 16.4 Å². The fourth-order valence-electron chi connectivity index (χ4n) is 3.17. The highest BCUT2D eigenvalue weighted by atomic mass is 16.3. The molecule has 24 heavy (non-hydrogen) atoms. The van der Waals surface area contributed by atoms with E-state index in [-0.39, 0.29) is 6.10 Å². The summed E-state index contributed by atoms with van der Waals surface area (Å²) in [7, 11) is 0. The molecule has 6 N–H and O–H groups in total. The zero-order chi connectivity index (χ0) is 16.7. The van der Waals surface area contributed by atoms with E-state index in [4.69, 9.17) is 16.5 Å². The van der Waals surface area contributed by atoms with E-state index < -0.39 is 0 Å². The minimum atomic E-state index is -0.169. The van der Waals surface area contributed by atoms with Gasteiger partial charge in [0.05, 0.1) is 28.5 Å². The lowest BCUT2D eigenvalue weighted by atomic mass is 10.1. The molecule has 4 rings (SSSR count). The third-order valence-electron chi connectivity index (χ3n) is 4.66. The van der Waals surface area contributed by atoms with Crippen molar-refractivity contribution in [2.75, 3.05) is 29.5 Å². The van der Waals surface area contributed by atoms with Gasteiger partial charge in [0, 0.05) is 24.3 Å². The maximum atomic E-state index is 9.65. The minimum Gasteiger partial charge on any atom is -0.397 e. The number of nitrogen functional groups attached to an aromatic ring is 2. The molecule has 6 nitrogen and oxygen atoms in total. The quantitative estimate of drug-likeness (QED) is 0.542. The van der Waals surface area contributed by atoms with Crippen LogP contribution in [0.2, 0.25) is 0 Å². The lowest BCUT2D eigenvalue weighted by Gasteiger charge is -2.31. The summed E-state index contributed by atoms with van der Waals surface area (Å²) in [4.78, 5) is 10.3. The molecule has 0 radical (unpaired) electrons. The number of rotatable bonds is 2. The molecule has 6 heteroatoms. The molecule has 1 aliphatic heterocycles. The van der Waals surface area contributed by atoms with Gasteiger partial charge in [-0.3, -0.25) is 0 Å². The van der Waals surface area contributed by atoms with Crippen molar-refractivity contribution < 1.29 is 5.11 Å². The van der Waals surface area contributed by atoms with Gasteiger partial charge < -0.3 is 26.5 Å². The first kappa shape index (κ1) is 14.8. The van der Waals surface area contributed by atoms with Crippen molar-refractivity contribution in [2.45, 2.75) is 18.9 Å². The fourth-order valence-corrected chi connectivity index (χ4v) is 3.17. The molecule has 0 amide bonds. The second kappa shape index (κ2) is 5.72. The third-order valence-corrected chi connectivity index (χ3v) is 4.66. The highest BCUT2D eigenvalue weighted by Crippen LogP contribution is 2.28. The minimum absolute atomic E-state index is 0.169. The van der Waals surface area contributed by atoms with Crippen molar-refractivity contribution in [3.05, 3.63) is 36.4 Å². The highest BCUT2D eigenvalue weighted by molar-refractivity contribution is 5.84. The molecule has 0 spiro atoms. The molecule has 2 aromatic carbocycles. The molecule has 0 bridgehead atoms. The number of imidazole rings is 1. The molecule has 0 aliphatic carbocycles. The number of piperidine rings is 1. The van der Waals surface area contributed by atoms with Gasteiger partial charge in [0.25, 0.3) is 0 Å². The number of nitrogens with two attached hydrogens (primary N) is 2. The van der Waals surface area contributed by atoms with Crippen molar-refractivity contribution in [3.63, 3.8) is 0 Å². The van der Waals surface area contributed by atoms with E-state index in [1.165, 1.54) is 0 Å². The van der Waals surface area contributed by atoms with Gasteiger partial charge in [0.2, 0.25) is 0 Å². The number of aliphatic hydroxyl groups excluding tert-OH is 1. The first-order valence-corrected chi connectivity index (χ1v) is 8.18. The average Bonchev–Trinajstić information content (AvgIpc) is 3.01. The molecule has 1 saturated heterocycles. The van der Waals surface area contributed by atoms with Gasteiger partial charge >= 0.3 is 0 Å². The monoisotopic (exact) mass is 323 g/mol. The Balaban J connectivity index is 1.67. The Hall–Kier alpha value is -2.73. The van der Waals surface area contributed by atoms with Gasteiger partial charge in [-0.05, 0) is 49.2 Å². The first-order valence-electron chi connectivity index (χ1n) is 8.18. The Morgan fingerprint density at radius 2 is 1.83 bits per heavy atom. The van der Waals surface area contributed by atoms with Gasteiger partial charge in [-0.2, -0.15) is 0 Å². The van der Waals surface area contributed by atoms with E-state index in [0.717, 1.165) is 54.0 Å². The van der Waals surface area contributed by atoms with Crippen LogP contribution in [-0.4, -0.2) is 34.3 Å². The number of anilines is 3. The standard InChI is InChI=1S/C18H21N5O/c19-14-3-1-11(9-15(14)20)18-21-16-4-2-12(10-17(16)22-18)23-7-5-13(24)6-8-23/h1-4,9-10,13,24H,5-8,19-20H2,(H,21,22). The molecular weight excluding hydrogens is 302 g/mol. The summed E-state index contributed by atoms with van der Waals surface area (Å²) >= 11 is 0. The van der Waals surface area contributed by atoms with Crippen molar-refractivity contribution in [1.82, 2.24) is 9.97 Å². The van der Waals surface area contributed by atoms with Crippen LogP contribution in [0.3, 0.4) is 0 Å². The van der Waals surface area contributed by atoms with E-state index in [1.807, 2.05) is 18.2 Å². The van der Waals surface area contributed by atoms with E-state index in [9.17, 15) is 5.11 Å². The molecular formula is C18H21N5O. The van der Waals surface area contributed by atoms with E-state index in [2.05, 4.69) is 22.0 Å². The van der Waals surface area contributed by atoms with Crippen LogP contribution in [0.5, 0.6) is 0 Å². The van der Waals surface area contributed by atoms with E-state index in [0.29, 0.717) is 11.4 Å². The maximum absolute atomic E-state index is 9.65. The fraction of sp³-hybridized carbons (Fsp3) is 0.278. The van der Waals surface area contributed by atoms with Gasteiger partial charge in [0.1, 0.15) is 5.82 Å². The number of aliphatic hydroxyl groups is 1. The number of hydrogen-bond acceptors (Lipinski definition) is 5. The van der Waals surface area contributed by atoms with Crippen LogP contribution >= 0.6 is 0 Å². The van der Waals surface area contributed by atoms with E-state index in [1.54, 1.807) is 6.07 Å². The summed E-state index contributed by atoms with van der Waals surface area (Å²) in [5.74, 6) is 0.780. The maximum Gasteiger partial charge on any atom is 0.138 e. The van der Waals surface area contributed by atoms with Crippen LogP contribution in [0.4, 0.5) is 17.1 Å². The molecule has 0 unspecified atom stereocenters. The average molecular weight is 323 g/mol. The van der Waals surface area contributed by atoms with Crippen molar-refractivity contribution in [2.24, 2.45) is 0 Å². The molecule has 2 heterocycles. The largest absolute Gasteiger partial charge is 0.397 e. The zero-order valence-corrected chi connectivity index (χ0v) is 13.4. The number of nitrogens with one attached hydrogen (secondary N) is 1. The van der Waals surface area contributed by atoms with Crippen LogP contribution in [-0.2, 0) is 0 Å². The van der Waals surface area contributed by atoms with Gasteiger partial charge in [-0.15, -0.1) is 0 Å². The molecule has 3 aromatic rings. The Morgan fingerprint density at radius 1 is 1.04 bits per heavy atom. The number of benzene rings is 2. The summed E-state index contributed by atoms with van der Waals surface area (Å²) in [6, 6.07) is 11.8. The van der Waals surface area contributed by atoms with Crippen molar-refractivity contribution >= 4 is 28.1 Å². The van der Waals surface area contributed by atoms with Crippen molar-refractivity contribution in [1.29, 1.82) is 0 Å². The van der Waals surface area contributed by atoms with E-state index >= 15 is 0 Å². The normalized spacial score (nSPS) is 16.0. The Morgan fingerprint density at radius 3 is 2.58 bits per heavy atom. The molecule has 1 aromatic heterocycles. The predicted octanol–water partition coefficient (Wildman–Crippen LogP) is 2.36. The van der Waals surface area contributed by atoms with Crippen LogP contribution in [0.25, 0.3) is 22.4 Å². The number of hydrogen-bond donors (Lipinski definition) is 4. The molecule has 1 aliphatic rings. The molecule has 124 valence electrons. The summed E-state index contributed by atoms with van der Waals surface area (Å²) in [5.41, 5.74) is 16.8. The van der Waals surface area contributed by atoms with Crippen molar-refractivity contribution in [3.8, 4) is 11.4 Å². The highest BCUT2D eigenvalue weighted by Gasteiger charge is 2.18. The summed E-state index contributed by atoms with van der Waals surface area (Å²) in [6.07, 6.45) is 1.46. The number of aromatic amines is 1. The summed E-state index contributed by atoms with van der Waals surface area (Å²) in [6.45, 7) is 1.75. The number of fused-ring (bicyclic) bond motifs is 1. The number of nitrogens with zero attached hydrogens (tertiary/aromatic N) is 2. The summed E-state index contributed by atoms with van der Waals surface area (Å²) < 4.78 is 0.